The number of hydrogen-bond donors (Lipinski definition) is 2. The van der Waals surface area contributed by atoms with E-state index in [2.05, 4.69) is 31.3 Å². The van der Waals surface area contributed by atoms with E-state index in [-0.39, 0.29) is 19.6 Å². The Bertz CT molecular complexity index is 506. The topological polar surface area (TPSA) is 67.4 Å². The van der Waals surface area contributed by atoms with Crippen molar-refractivity contribution in [2.45, 2.75) is 12.6 Å². The van der Waals surface area contributed by atoms with Gasteiger partial charge in [-0.15, -0.1) is 0 Å². The second kappa shape index (κ2) is 8.74. The van der Waals surface area contributed by atoms with E-state index in [1.807, 2.05) is 0 Å². The molecule has 0 heterocycles. The monoisotopic (exact) mass is 382 g/mol. The Labute approximate surface area is 133 Å². The molecule has 5 nitrogen and oxygen atoms in total. The van der Waals surface area contributed by atoms with Gasteiger partial charge in [-0.2, -0.15) is 13.2 Å². The van der Waals surface area contributed by atoms with Gasteiger partial charge >= 0.3 is 6.18 Å². The number of ether oxygens (including phenoxy) is 1. The van der Waals surface area contributed by atoms with Gasteiger partial charge < -0.3 is 15.4 Å². The quantitative estimate of drug-likeness (QED) is 0.711. The normalized spacial score (nSPS) is 11.1. The maximum Gasteiger partial charge on any atom is 0.411 e. The van der Waals surface area contributed by atoms with Crippen molar-refractivity contribution in [3.63, 3.8) is 0 Å². The Morgan fingerprint density at radius 3 is 2.36 bits per heavy atom. The third-order valence-electron chi connectivity index (χ3n) is 2.31. The maximum atomic E-state index is 11.8. The molecule has 0 aliphatic carbocycles. The van der Waals surface area contributed by atoms with Gasteiger partial charge in [-0.1, -0.05) is 15.9 Å². The summed E-state index contributed by atoms with van der Waals surface area (Å²) in [5.74, 6) is -1.000. The number of hydrogen-bond acceptors (Lipinski definition) is 3. The van der Waals surface area contributed by atoms with Crippen LogP contribution in [-0.2, 0) is 14.3 Å². The summed E-state index contributed by atoms with van der Waals surface area (Å²) < 4.78 is 40.5. The van der Waals surface area contributed by atoms with Crippen molar-refractivity contribution in [3.8, 4) is 0 Å². The molecule has 0 spiro atoms. The molecule has 0 bridgehead atoms. The standard InChI is InChI=1S/C13H14BrF3N2O3/c14-9-1-3-10(4-2-9)19-12(21)7-18-11(20)5-6-22-8-13(15,16)17/h1-4H,5-8H2,(H,18,20)(H,19,21). The highest BCUT2D eigenvalue weighted by Gasteiger charge is 2.27. The SMILES string of the molecule is O=C(CCOCC(F)(F)F)NCC(=O)Nc1ccc(Br)cc1. The first kappa shape index (κ1) is 18.4. The Morgan fingerprint density at radius 2 is 1.77 bits per heavy atom. The lowest BCUT2D eigenvalue weighted by molar-refractivity contribution is -0.174. The number of carbonyl (C=O) groups excluding carboxylic acids is 2. The number of alkyl halides is 3. The smallest absolute Gasteiger partial charge is 0.372 e. The van der Waals surface area contributed by atoms with E-state index in [0.717, 1.165) is 4.47 Å². The second-order valence-electron chi connectivity index (χ2n) is 4.25. The predicted molar refractivity (Wildman–Crippen MR) is 77.3 cm³/mol. The minimum Gasteiger partial charge on any atom is -0.372 e. The molecule has 2 amide bonds. The largest absolute Gasteiger partial charge is 0.411 e. The van der Waals surface area contributed by atoms with E-state index in [1.165, 1.54) is 0 Å². The van der Waals surface area contributed by atoms with Gasteiger partial charge in [0, 0.05) is 16.6 Å². The third kappa shape index (κ3) is 8.63. The van der Waals surface area contributed by atoms with E-state index < -0.39 is 24.6 Å². The van der Waals surface area contributed by atoms with E-state index in [9.17, 15) is 22.8 Å². The lowest BCUT2D eigenvalue weighted by Gasteiger charge is -2.08. The molecule has 0 fully saturated rings. The lowest BCUT2D eigenvalue weighted by atomic mass is 10.3. The van der Waals surface area contributed by atoms with Gasteiger partial charge in [0.05, 0.1) is 13.2 Å². The number of amides is 2. The van der Waals surface area contributed by atoms with Crippen LogP contribution in [0.5, 0.6) is 0 Å². The van der Waals surface area contributed by atoms with Gasteiger partial charge in [0.25, 0.3) is 0 Å². The highest BCUT2D eigenvalue weighted by atomic mass is 79.9. The first-order chi connectivity index (χ1) is 10.3. The minimum atomic E-state index is -4.42. The van der Waals surface area contributed by atoms with Gasteiger partial charge in [-0.3, -0.25) is 9.59 Å². The van der Waals surface area contributed by atoms with Crippen LogP contribution in [0.1, 0.15) is 6.42 Å². The van der Waals surface area contributed by atoms with Crippen molar-refractivity contribution in [1.82, 2.24) is 5.32 Å². The number of halogens is 4. The summed E-state index contributed by atoms with van der Waals surface area (Å²) in [5, 5.41) is 4.85. The molecule has 0 aliphatic heterocycles. The van der Waals surface area contributed by atoms with Crippen LogP contribution in [0.25, 0.3) is 0 Å². The average molecular weight is 383 g/mol. The minimum absolute atomic E-state index is 0.248. The zero-order chi connectivity index (χ0) is 16.6. The molecule has 0 unspecified atom stereocenters. The summed E-state index contributed by atoms with van der Waals surface area (Å²) in [6.07, 6.45) is -4.66. The predicted octanol–water partition coefficient (Wildman–Crippen LogP) is 2.47. The fraction of sp³-hybridized carbons (Fsp3) is 0.385. The Hall–Kier alpha value is -1.61. The molecular weight excluding hydrogens is 369 g/mol. The average Bonchev–Trinajstić information content (AvgIpc) is 2.43. The van der Waals surface area contributed by atoms with E-state index in [4.69, 9.17) is 0 Å². The summed E-state index contributed by atoms with van der Waals surface area (Å²) in [7, 11) is 0. The van der Waals surface area contributed by atoms with Crippen molar-refractivity contribution in [3.05, 3.63) is 28.7 Å². The molecule has 0 radical (unpaired) electrons. The first-order valence-electron chi connectivity index (χ1n) is 6.23. The van der Waals surface area contributed by atoms with Crippen molar-refractivity contribution in [2.24, 2.45) is 0 Å². The highest BCUT2D eigenvalue weighted by molar-refractivity contribution is 9.10. The molecular formula is C13H14BrF3N2O3. The Kier molecular flexibility index (Phi) is 7.33. The van der Waals surface area contributed by atoms with Crippen molar-refractivity contribution < 1.29 is 27.5 Å². The van der Waals surface area contributed by atoms with Crippen LogP contribution in [0.2, 0.25) is 0 Å². The van der Waals surface area contributed by atoms with Crippen LogP contribution in [0.15, 0.2) is 28.7 Å². The van der Waals surface area contributed by atoms with Crippen LogP contribution in [0, 0.1) is 0 Å². The summed E-state index contributed by atoms with van der Waals surface area (Å²) >= 11 is 3.25. The summed E-state index contributed by atoms with van der Waals surface area (Å²) in [6, 6.07) is 6.84. The van der Waals surface area contributed by atoms with E-state index in [0.29, 0.717) is 5.69 Å². The van der Waals surface area contributed by atoms with Crippen LogP contribution < -0.4 is 10.6 Å². The van der Waals surface area contributed by atoms with Crippen LogP contribution in [0.3, 0.4) is 0 Å². The molecule has 1 aromatic carbocycles. The van der Waals surface area contributed by atoms with Gasteiger partial charge in [-0.25, -0.2) is 0 Å². The molecule has 2 N–H and O–H groups in total. The van der Waals surface area contributed by atoms with Crippen molar-refractivity contribution in [2.75, 3.05) is 25.1 Å². The first-order valence-corrected chi connectivity index (χ1v) is 7.02. The third-order valence-corrected chi connectivity index (χ3v) is 2.84. The van der Waals surface area contributed by atoms with Gasteiger partial charge in [0.15, 0.2) is 0 Å². The zero-order valence-corrected chi connectivity index (χ0v) is 13.0. The molecule has 1 rings (SSSR count). The number of rotatable bonds is 7. The molecule has 122 valence electrons. The van der Waals surface area contributed by atoms with Crippen molar-refractivity contribution >= 4 is 33.4 Å². The molecule has 22 heavy (non-hydrogen) atoms. The lowest BCUT2D eigenvalue weighted by Crippen LogP contribution is -2.33. The second-order valence-corrected chi connectivity index (χ2v) is 5.17. The molecule has 0 aromatic heterocycles. The fourth-order valence-corrected chi connectivity index (χ4v) is 1.62. The van der Waals surface area contributed by atoms with Gasteiger partial charge in [0.1, 0.15) is 6.61 Å². The Balaban J connectivity index is 2.18. The molecule has 0 aliphatic rings. The number of benzene rings is 1. The van der Waals surface area contributed by atoms with Crippen LogP contribution in [0.4, 0.5) is 18.9 Å². The number of carbonyl (C=O) groups is 2. The fourth-order valence-electron chi connectivity index (χ4n) is 1.36. The summed E-state index contributed by atoms with van der Waals surface area (Å²) in [6.45, 7) is -2.03. The number of nitrogens with one attached hydrogen (secondary N) is 2. The molecule has 0 atom stereocenters. The van der Waals surface area contributed by atoms with Crippen LogP contribution in [-0.4, -0.2) is 37.7 Å². The summed E-state index contributed by atoms with van der Waals surface area (Å²) in [4.78, 5) is 22.9. The molecule has 9 heteroatoms. The van der Waals surface area contributed by atoms with E-state index in [1.54, 1.807) is 24.3 Å². The van der Waals surface area contributed by atoms with Gasteiger partial charge in [0.2, 0.25) is 11.8 Å². The Morgan fingerprint density at radius 1 is 1.14 bits per heavy atom. The van der Waals surface area contributed by atoms with Gasteiger partial charge in [-0.05, 0) is 24.3 Å². The van der Waals surface area contributed by atoms with E-state index >= 15 is 0 Å². The van der Waals surface area contributed by atoms with Crippen molar-refractivity contribution in [1.29, 1.82) is 0 Å². The highest BCUT2D eigenvalue weighted by Crippen LogP contribution is 2.14. The van der Waals surface area contributed by atoms with Crippen LogP contribution >= 0.6 is 15.9 Å². The maximum absolute atomic E-state index is 11.8. The molecule has 1 aromatic rings. The summed E-state index contributed by atoms with van der Waals surface area (Å²) in [5.41, 5.74) is 0.566. The zero-order valence-electron chi connectivity index (χ0n) is 11.4. The molecule has 0 saturated carbocycles. The molecule has 0 saturated heterocycles. The number of anilines is 1.